The van der Waals surface area contributed by atoms with E-state index in [1.807, 2.05) is 38.1 Å². The van der Waals surface area contributed by atoms with Crippen molar-refractivity contribution in [2.75, 3.05) is 26.8 Å². The first-order valence-corrected chi connectivity index (χ1v) is 6.80. The minimum atomic E-state index is -0.198. The average Bonchev–Trinajstić information content (AvgIpc) is 2.43. The van der Waals surface area contributed by atoms with E-state index in [4.69, 9.17) is 9.47 Å². The van der Waals surface area contributed by atoms with Crippen LogP contribution in [0.15, 0.2) is 24.3 Å². The van der Waals surface area contributed by atoms with Gasteiger partial charge in [0.25, 0.3) is 0 Å². The summed E-state index contributed by atoms with van der Waals surface area (Å²) in [5.41, 5.74) is 0.811. The number of carbonyl (C=O) groups excluding carboxylic acids is 1. The number of ether oxygens (including phenoxy) is 2. The SMILES string of the molecule is COc1cccc(C(C)NC(=O)COC2(C)CNC2)c1. The van der Waals surface area contributed by atoms with E-state index in [9.17, 15) is 4.79 Å². The van der Waals surface area contributed by atoms with Gasteiger partial charge in [0, 0.05) is 13.1 Å². The van der Waals surface area contributed by atoms with E-state index in [0.29, 0.717) is 0 Å². The number of amides is 1. The molecule has 0 aliphatic carbocycles. The molecular weight excluding hydrogens is 256 g/mol. The van der Waals surface area contributed by atoms with Crippen molar-refractivity contribution in [1.82, 2.24) is 10.6 Å². The van der Waals surface area contributed by atoms with Crippen molar-refractivity contribution < 1.29 is 14.3 Å². The molecule has 0 saturated carbocycles. The second-order valence-electron chi connectivity index (χ2n) is 5.41. The largest absolute Gasteiger partial charge is 0.497 e. The fourth-order valence-electron chi connectivity index (χ4n) is 2.10. The van der Waals surface area contributed by atoms with Gasteiger partial charge in [-0.3, -0.25) is 4.79 Å². The topological polar surface area (TPSA) is 59.6 Å². The van der Waals surface area contributed by atoms with E-state index in [2.05, 4.69) is 10.6 Å². The van der Waals surface area contributed by atoms with E-state index < -0.39 is 0 Å². The zero-order chi connectivity index (χ0) is 14.6. The third kappa shape index (κ3) is 3.71. The van der Waals surface area contributed by atoms with Crippen molar-refractivity contribution in [2.45, 2.75) is 25.5 Å². The maximum absolute atomic E-state index is 11.9. The molecule has 0 bridgehead atoms. The van der Waals surface area contributed by atoms with Gasteiger partial charge in [-0.1, -0.05) is 12.1 Å². The summed E-state index contributed by atoms with van der Waals surface area (Å²) < 4.78 is 10.8. The Morgan fingerprint density at radius 2 is 2.25 bits per heavy atom. The standard InChI is InChI=1S/C15H22N2O3/c1-11(12-5-4-6-13(7-12)19-3)17-14(18)8-20-15(2)9-16-10-15/h4-7,11,16H,8-10H2,1-3H3,(H,17,18). The van der Waals surface area contributed by atoms with Crippen LogP contribution < -0.4 is 15.4 Å². The van der Waals surface area contributed by atoms with Crippen LogP contribution >= 0.6 is 0 Å². The van der Waals surface area contributed by atoms with Crippen LogP contribution in [-0.2, 0) is 9.53 Å². The molecule has 1 fully saturated rings. The first kappa shape index (κ1) is 14.8. The van der Waals surface area contributed by atoms with Gasteiger partial charge in [-0.25, -0.2) is 0 Å². The molecule has 1 aromatic carbocycles. The van der Waals surface area contributed by atoms with E-state index in [1.54, 1.807) is 7.11 Å². The van der Waals surface area contributed by atoms with Crippen molar-refractivity contribution in [3.05, 3.63) is 29.8 Å². The summed E-state index contributed by atoms with van der Waals surface area (Å²) in [6.07, 6.45) is 0. The van der Waals surface area contributed by atoms with Crippen LogP contribution in [0.1, 0.15) is 25.5 Å². The van der Waals surface area contributed by atoms with Gasteiger partial charge in [-0.05, 0) is 31.5 Å². The van der Waals surface area contributed by atoms with Gasteiger partial charge in [0.15, 0.2) is 0 Å². The maximum atomic E-state index is 11.9. The lowest BCUT2D eigenvalue weighted by Crippen LogP contribution is -2.59. The van der Waals surface area contributed by atoms with E-state index in [0.717, 1.165) is 24.4 Å². The van der Waals surface area contributed by atoms with Crippen LogP contribution in [0.5, 0.6) is 5.75 Å². The van der Waals surface area contributed by atoms with Crippen molar-refractivity contribution in [3.63, 3.8) is 0 Å². The monoisotopic (exact) mass is 278 g/mol. The van der Waals surface area contributed by atoms with Crippen LogP contribution in [-0.4, -0.2) is 38.3 Å². The average molecular weight is 278 g/mol. The Balaban J connectivity index is 1.83. The Bertz CT molecular complexity index is 472. The summed E-state index contributed by atoms with van der Waals surface area (Å²) in [7, 11) is 1.63. The van der Waals surface area contributed by atoms with Crippen LogP contribution in [0.4, 0.5) is 0 Å². The normalized spacial score (nSPS) is 17.9. The number of rotatable bonds is 6. The van der Waals surface area contributed by atoms with Gasteiger partial charge < -0.3 is 20.1 Å². The summed E-state index contributed by atoms with van der Waals surface area (Å²) in [5, 5.41) is 6.06. The highest BCUT2D eigenvalue weighted by molar-refractivity contribution is 5.77. The molecule has 110 valence electrons. The second-order valence-corrected chi connectivity index (χ2v) is 5.41. The quantitative estimate of drug-likeness (QED) is 0.822. The fraction of sp³-hybridized carbons (Fsp3) is 0.533. The molecule has 1 saturated heterocycles. The van der Waals surface area contributed by atoms with Gasteiger partial charge in [-0.2, -0.15) is 0 Å². The summed E-state index contributed by atoms with van der Waals surface area (Å²) in [6, 6.07) is 7.60. The molecule has 0 spiro atoms. The predicted octanol–water partition coefficient (Wildman–Crippen LogP) is 1.25. The highest BCUT2D eigenvalue weighted by Gasteiger charge is 2.33. The molecular formula is C15H22N2O3. The molecule has 5 heteroatoms. The van der Waals surface area contributed by atoms with Gasteiger partial charge in [0.2, 0.25) is 5.91 Å². The molecule has 2 rings (SSSR count). The Hall–Kier alpha value is -1.59. The summed E-state index contributed by atoms with van der Waals surface area (Å²) >= 11 is 0. The van der Waals surface area contributed by atoms with Gasteiger partial charge in [-0.15, -0.1) is 0 Å². The maximum Gasteiger partial charge on any atom is 0.246 e. The van der Waals surface area contributed by atoms with Crippen molar-refractivity contribution in [3.8, 4) is 5.75 Å². The number of hydrogen-bond acceptors (Lipinski definition) is 4. The molecule has 1 unspecified atom stereocenters. The third-order valence-corrected chi connectivity index (χ3v) is 3.52. The minimum absolute atomic E-state index is 0.0754. The van der Waals surface area contributed by atoms with Crippen LogP contribution in [0.25, 0.3) is 0 Å². The zero-order valence-electron chi connectivity index (χ0n) is 12.2. The molecule has 1 aromatic rings. The molecule has 1 amide bonds. The van der Waals surface area contributed by atoms with E-state index >= 15 is 0 Å². The molecule has 1 heterocycles. The van der Waals surface area contributed by atoms with Crippen molar-refractivity contribution in [2.24, 2.45) is 0 Å². The number of carbonyl (C=O) groups is 1. The number of methoxy groups -OCH3 is 1. The minimum Gasteiger partial charge on any atom is -0.497 e. The van der Waals surface area contributed by atoms with E-state index in [-0.39, 0.29) is 24.2 Å². The highest BCUT2D eigenvalue weighted by Crippen LogP contribution is 2.19. The Labute approximate surface area is 119 Å². The van der Waals surface area contributed by atoms with Gasteiger partial charge in [0.1, 0.15) is 12.4 Å². The number of benzene rings is 1. The lowest BCUT2D eigenvalue weighted by molar-refractivity contribution is -0.136. The molecule has 20 heavy (non-hydrogen) atoms. The summed E-state index contributed by atoms with van der Waals surface area (Å²) in [5.74, 6) is 0.682. The summed E-state index contributed by atoms with van der Waals surface area (Å²) in [6.45, 7) is 5.63. The molecule has 1 aliphatic rings. The predicted molar refractivity (Wildman–Crippen MR) is 76.8 cm³/mol. The third-order valence-electron chi connectivity index (χ3n) is 3.52. The first-order chi connectivity index (χ1) is 9.52. The van der Waals surface area contributed by atoms with Gasteiger partial charge in [0.05, 0.1) is 18.8 Å². The molecule has 1 atom stereocenters. The van der Waals surface area contributed by atoms with E-state index in [1.165, 1.54) is 0 Å². The smallest absolute Gasteiger partial charge is 0.246 e. The van der Waals surface area contributed by atoms with Crippen molar-refractivity contribution >= 4 is 5.91 Å². The van der Waals surface area contributed by atoms with Crippen molar-refractivity contribution in [1.29, 1.82) is 0 Å². The Morgan fingerprint density at radius 3 is 2.85 bits per heavy atom. The number of nitrogens with one attached hydrogen (secondary N) is 2. The molecule has 2 N–H and O–H groups in total. The molecule has 5 nitrogen and oxygen atoms in total. The summed E-state index contributed by atoms with van der Waals surface area (Å²) in [4.78, 5) is 11.9. The molecule has 1 aliphatic heterocycles. The highest BCUT2D eigenvalue weighted by atomic mass is 16.5. The fourth-order valence-corrected chi connectivity index (χ4v) is 2.10. The zero-order valence-corrected chi connectivity index (χ0v) is 12.2. The van der Waals surface area contributed by atoms with Crippen LogP contribution in [0.2, 0.25) is 0 Å². The van der Waals surface area contributed by atoms with Gasteiger partial charge >= 0.3 is 0 Å². The lowest BCUT2D eigenvalue weighted by Gasteiger charge is -2.38. The van der Waals surface area contributed by atoms with Crippen LogP contribution in [0.3, 0.4) is 0 Å². The molecule has 0 aromatic heterocycles. The Morgan fingerprint density at radius 1 is 1.50 bits per heavy atom. The lowest BCUT2D eigenvalue weighted by atomic mass is 10.0. The second kappa shape index (κ2) is 6.24. The number of hydrogen-bond donors (Lipinski definition) is 2. The molecule has 0 radical (unpaired) electrons. The van der Waals surface area contributed by atoms with Crippen LogP contribution in [0, 0.1) is 0 Å². The first-order valence-electron chi connectivity index (χ1n) is 6.80. The Kier molecular flexibility index (Phi) is 4.62.